The van der Waals surface area contributed by atoms with Crippen LogP contribution in [0.25, 0.3) is 0 Å². The summed E-state index contributed by atoms with van der Waals surface area (Å²) in [5.41, 5.74) is 0. The fraction of sp³-hybridized carbons (Fsp3) is 0.900. The third-order valence-electron chi connectivity index (χ3n) is 6.25. The number of hydrogen-bond donors (Lipinski definition) is 1. The van der Waals surface area contributed by atoms with E-state index < -0.39 is 23.8 Å². The lowest BCUT2D eigenvalue weighted by Gasteiger charge is -2.34. The Morgan fingerprint density at radius 3 is 2.23 bits per heavy atom. The molecule has 4 fully saturated rings. The molecule has 0 aromatic rings. The van der Waals surface area contributed by atoms with Crippen LogP contribution in [-0.4, -0.2) is 54.8 Å². The van der Waals surface area contributed by atoms with Crippen LogP contribution in [-0.2, 0) is 23.7 Å². The molecular formula is C20H32O6. The molecule has 2 aliphatic carbocycles. The number of rotatable bonds is 4. The zero-order chi connectivity index (χ0) is 18.0. The van der Waals surface area contributed by atoms with E-state index in [4.69, 9.17) is 23.7 Å². The van der Waals surface area contributed by atoms with Crippen LogP contribution in [0.15, 0.2) is 12.3 Å². The fourth-order valence-corrected chi connectivity index (χ4v) is 4.86. The Bertz CT molecular complexity index is 495. The Kier molecular flexibility index (Phi) is 5.58. The third kappa shape index (κ3) is 3.67. The molecule has 6 nitrogen and oxygen atoms in total. The number of aliphatic hydroxyl groups is 1. The summed E-state index contributed by atoms with van der Waals surface area (Å²) >= 11 is 0. The summed E-state index contributed by atoms with van der Waals surface area (Å²) in [6.45, 7) is 0.411. The number of ether oxygens (including phenoxy) is 5. The second-order valence-corrected chi connectivity index (χ2v) is 8.13. The molecular weight excluding hydrogens is 336 g/mol. The number of methoxy groups -OCH3 is 1. The summed E-state index contributed by atoms with van der Waals surface area (Å²) < 4.78 is 29.9. The van der Waals surface area contributed by atoms with Gasteiger partial charge in [0.15, 0.2) is 11.6 Å². The number of aliphatic hydroxyl groups excluding tert-OH is 1. The van der Waals surface area contributed by atoms with Crippen LogP contribution in [0.1, 0.15) is 64.2 Å². The van der Waals surface area contributed by atoms with Gasteiger partial charge in [-0.2, -0.15) is 0 Å². The van der Waals surface area contributed by atoms with Crippen LogP contribution >= 0.6 is 0 Å². The van der Waals surface area contributed by atoms with Crippen molar-refractivity contribution >= 4 is 0 Å². The van der Waals surface area contributed by atoms with Crippen molar-refractivity contribution in [2.45, 2.75) is 100 Å². The monoisotopic (exact) mass is 368 g/mol. The van der Waals surface area contributed by atoms with E-state index in [1.807, 2.05) is 6.08 Å². The van der Waals surface area contributed by atoms with Gasteiger partial charge in [0.2, 0.25) is 0 Å². The topological polar surface area (TPSA) is 66.4 Å². The van der Waals surface area contributed by atoms with Gasteiger partial charge < -0.3 is 28.8 Å². The van der Waals surface area contributed by atoms with Gasteiger partial charge in [0.05, 0.1) is 20.0 Å². The summed E-state index contributed by atoms with van der Waals surface area (Å²) in [6.07, 6.45) is 11.9. The highest BCUT2D eigenvalue weighted by Crippen LogP contribution is 2.44. The predicted octanol–water partition coefficient (Wildman–Crippen LogP) is 3.03. The first-order valence-electron chi connectivity index (χ1n) is 10.2. The summed E-state index contributed by atoms with van der Waals surface area (Å²) in [5, 5.41) is 11.1. The summed E-state index contributed by atoms with van der Waals surface area (Å²) in [4.78, 5) is 0. The third-order valence-corrected chi connectivity index (χ3v) is 6.25. The van der Waals surface area contributed by atoms with Crippen molar-refractivity contribution in [2.24, 2.45) is 0 Å². The van der Waals surface area contributed by atoms with Gasteiger partial charge in [-0.15, -0.1) is 0 Å². The lowest BCUT2D eigenvalue weighted by atomic mass is 9.94. The molecule has 0 bridgehead atoms. The molecule has 2 saturated heterocycles. The van der Waals surface area contributed by atoms with E-state index in [-0.39, 0.29) is 12.2 Å². The second-order valence-electron chi connectivity index (χ2n) is 8.13. The van der Waals surface area contributed by atoms with Gasteiger partial charge in [-0.25, -0.2) is 0 Å². The van der Waals surface area contributed by atoms with Crippen molar-refractivity contribution in [3.8, 4) is 0 Å². The fourth-order valence-electron chi connectivity index (χ4n) is 4.86. The van der Waals surface area contributed by atoms with E-state index >= 15 is 0 Å². The first-order valence-corrected chi connectivity index (χ1v) is 10.2. The molecule has 2 aliphatic heterocycles. The molecule has 0 amide bonds. The van der Waals surface area contributed by atoms with E-state index in [0.29, 0.717) is 6.61 Å². The predicted molar refractivity (Wildman–Crippen MR) is 94.4 cm³/mol. The molecule has 2 saturated carbocycles. The van der Waals surface area contributed by atoms with Gasteiger partial charge in [0.1, 0.15) is 24.4 Å². The minimum Gasteiger partial charge on any atom is -0.505 e. The van der Waals surface area contributed by atoms with Crippen molar-refractivity contribution in [1.29, 1.82) is 0 Å². The smallest absolute Gasteiger partial charge is 0.169 e. The first-order chi connectivity index (χ1) is 12.7. The van der Waals surface area contributed by atoms with Crippen LogP contribution in [0.4, 0.5) is 0 Å². The minimum absolute atomic E-state index is 0.338. The highest BCUT2D eigenvalue weighted by atomic mass is 16.8. The summed E-state index contributed by atoms with van der Waals surface area (Å²) in [5.74, 6) is -1.07. The molecule has 6 heteroatoms. The highest BCUT2D eigenvalue weighted by Gasteiger charge is 2.53. The van der Waals surface area contributed by atoms with Crippen LogP contribution < -0.4 is 0 Å². The van der Waals surface area contributed by atoms with E-state index in [9.17, 15) is 5.11 Å². The standard InChI is InChI=1S/C20H32O6/c1-22-13-8-15-18(26-20(24-15)11-6-3-7-12-20)17(21)16-14-23-19(25-16)9-4-2-5-10-19/h8,13,15-18,21H,2-7,9-12,14H2,1H3/t15?,16-,17?,18?/m1/s1. The maximum atomic E-state index is 11.1. The zero-order valence-corrected chi connectivity index (χ0v) is 15.7. The Labute approximate surface area is 155 Å². The van der Waals surface area contributed by atoms with Crippen LogP contribution in [0.3, 0.4) is 0 Å². The molecule has 4 rings (SSSR count). The Morgan fingerprint density at radius 2 is 1.58 bits per heavy atom. The molecule has 1 N–H and O–H groups in total. The van der Waals surface area contributed by atoms with Crippen molar-refractivity contribution < 1.29 is 28.8 Å². The van der Waals surface area contributed by atoms with E-state index in [2.05, 4.69) is 0 Å². The highest BCUT2D eigenvalue weighted by molar-refractivity contribution is 5.03. The summed E-state index contributed by atoms with van der Waals surface area (Å²) in [7, 11) is 1.61. The van der Waals surface area contributed by atoms with E-state index in [1.165, 1.54) is 12.8 Å². The lowest BCUT2D eigenvalue weighted by Crippen LogP contribution is -2.45. The molecule has 0 aromatic carbocycles. The van der Waals surface area contributed by atoms with Gasteiger partial charge in [-0.1, -0.05) is 12.8 Å². The molecule has 4 atom stereocenters. The molecule has 4 aliphatic rings. The van der Waals surface area contributed by atoms with Gasteiger partial charge in [-0.3, -0.25) is 0 Å². The average molecular weight is 368 g/mol. The molecule has 0 aromatic heterocycles. The number of hydrogen-bond acceptors (Lipinski definition) is 6. The van der Waals surface area contributed by atoms with Gasteiger partial charge in [0.25, 0.3) is 0 Å². The van der Waals surface area contributed by atoms with E-state index in [0.717, 1.165) is 51.4 Å². The molecule has 2 heterocycles. The van der Waals surface area contributed by atoms with Gasteiger partial charge in [-0.05, 0) is 31.8 Å². The SMILES string of the molecule is COC=CC1OC2(CCCCC2)OC1C(O)[C@H]1COC2(CCCCC2)O1. The first kappa shape index (κ1) is 18.7. The molecule has 0 radical (unpaired) electrons. The second kappa shape index (κ2) is 7.76. The quantitative estimate of drug-likeness (QED) is 0.770. The molecule has 148 valence electrons. The van der Waals surface area contributed by atoms with Crippen LogP contribution in [0.2, 0.25) is 0 Å². The Balaban J connectivity index is 1.46. The van der Waals surface area contributed by atoms with Gasteiger partial charge in [0, 0.05) is 25.7 Å². The van der Waals surface area contributed by atoms with Crippen molar-refractivity contribution in [1.82, 2.24) is 0 Å². The Hall–Kier alpha value is -0.660. The largest absolute Gasteiger partial charge is 0.505 e. The summed E-state index contributed by atoms with van der Waals surface area (Å²) in [6, 6.07) is 0. The molecule has 26 heavy (non-hydrogen) atoms. The minimum atomic E-state index is -0.788. The van der Waals surface area contributed by atoms with E-state index in [1.54, 1.807) is 13.4 Å². The van der Waals surface area contributed by atoms with Gasteiger partial charge >= 0.3 is 0 Å². The maximum absolute atomic E-state index is 11.1. The maximum Gasteiger partial charge on any atom is 0.169 e. The zero-order valence-electron chi connectivity index (χ0n) is 15.7. The molecule has 3 unspecified atom stereocenters. The normalized spacial score (nSPS) is 37.5. The van der Waals surface area contributed by atoms with Crippen LogP contribution in [0, 0.1) is 0 Å². The van der Waals surface area contributed by atoms with Crippen LogP contribution in [0.5, 0.6) is 0 Å². The average Bonchev–Trinajstić information content (AvgIpc) is 3.23. The van der Waals surface area contributed by atoms with Crippen molar-refractivity contribution in [3.05, 3.63) is 12.3 Å². The molecule has 2 spiro atoms. The Morgan fingerprint density at radius 1 is 0.923 bits per heavy atom. The van der Waals surface area contributed by atoms with Crippen molar-refractivity contribution in [3.63, 3.8) is 0 Å². The van der Waals surface area contributed by atoms with Crippen molar-refractivity contribution in [2.75, 3.05) is 13.7 Å². The lowest BCUT2D eigenvalue weighted by molar-refractivity contribution is -0.216.